The van der Waals surface area contributed by atoms with Crippen LogP contribution in [0.25, 0.3) is 88.7 Å². The van der Waals surface area contributed by atoms with Crippen LogP contribution < -0.4 is 0 Å². The first-order chi connectivity index (χ1) is 21.3. The lowest BCUT2D eigenvalue weighted by Crippen LogP contribution is -1.97. The van der Waals surface area contributed by atoms with Crippen molar-refractivity contribution in [3.05, 3.63) is 152 Å². The number of rotatable bonds is 2. The average Bonchev–Trinajstić information content (AvgIpc) is 3.47. The highest BCUT2D eigenvalue weighted by Gasteiger charge is 2.22. The van der Waals surface area contributed by atoms with Crippen molar-refractivity contribution in [2.45, 2.75) is 0 Å². The fraction of sp³-hybridized carbons (Fsp3) is 0. The highest BCUT2D eigenvalue weighted by Crippen LogP contribution is 2.48. The summed E-state index contributed by atoms with van der Waals surface area (Å²) in [5.74, 6) is 0. The minimum absolute atomic E-state index is 0.857. The molecule has 0 radical (unpaired) electrons. The molecule has 1 aliphatic carbocycles. The Hall–Kier alpha value is -5.73. The highest BCUT2D eigenvalue weighted by molar-refractivity contribution is 6.09. The molecule has 6 aromatic carbocycles. The van der Waals surface area contributed by atoms with Crippen molar-refractivity contribution in [2.24, 2.45) is 0 Å². The van der Waals surface area contributed by atoms with Gasteiger partial charge in [0.1, 0.15) is 11.2 Å². The van der Waals surface area contributed by atoms with Gasteiger partial charge in [0.2, 0.25) is 0 Å². The Balaban J connectivity index is 1.25. The molecule has 2 aromatic heterocycles. The van der Waals surface area contributed by atoms with Gasteiger partial charge in [-0.15, -0.1) is 0 Å². The molecular formula is C41H25NO. The molecule has 0 saturated carbocycles. The van der Waals surface area contributed by atoms with Crippen LogP contribution >= 0.6 is 0 Å². The summed E-state index contributed by atoms with van der Waals surface area (Å²) in [5, 5.41) is 2.13. The molecule has 0 saturated heterocycles. The van der Waals surface area contributed by atoms with Crippen LogP contribution in [0.2, 0.25) is 0 Å². The third-order valence-electron chi connectivity index (χ3n) is 8.77. The summed E-state index contributed by atoms with van der Waals surface area (Å²) in [6, 6.07) is 50.4. The summed E-state index contributed by atoms with van der Waals surface area (Å²) in [6.45, 7) is 0. The lowest BCUT2D eigenvalue weighted by Gasteiger charge is -2.23. The third kappa shape index (κ3) is 3.70. The van der Waals surface area contributed by atoms with Gasteiger partial charge >= 0.3 is 0 Å². The van der Waals surface area contributed by atoms with Gasteiger partial charge < -0.3 is 4.42 Å². The lowest BCUT2D eigenvalue weighted by molar-refractivity contribution is 0.669. The Labute approximate surface area is 249 Å². The topological polar surface area (TPSA) is 26.0 Å². The van der Waals surface area contributed by atoms with Gasteiger partial charge in [0.15, 0.2) is 0 Å². The van der Waals surface area contributed by atoms with Crippen LogP contribution in [0.4, 0.5) is 0 Å². The average molecular weight is 548 g/mol. The fourth-order valence-corrected chi connectivity index (χ4v) is 6.78. The molecule has 2 nitrogen and oxygen atoms in total. The van der Waals surface area contributed by atoms with Gasteiger partial charge in [-0.3, -0.25) is 4.98 Å². The molecule has 0 N–H and O–H groups in total. The molecule has 0 amide bonds. The second-order valence-corrected chi connectivity index (χ2v) is 11.1. The summed E-state index contributed by atoms with van der Waals surface area (Å²) in [7, 11) is 0. The number of pyridine rings is 1. The van der Waals surface area contributed by atoms with E-state index in [-0.39, 0.29) is 0 Å². The first-order valence-corrected chi connectivity index (χ1v) is 14.6. The van der Waals surface area contributed by atoms with E-state index in [0.29, 0.717) is 0 Å². The van der Waals surface area contributed by atoms with E-state index < -0.39 is 0 Å². The van der Waals surface area contributed by atoms with Crippen molar-refractivity contribution in [1.29, 1.82) is 0 Å². The number of aromatic nitrogens is 1. The normalized spacial score (nSPS) is 11.7. The van der Waals surface area contributed by atoms with E-state index in [9.17, 15) is 0 Å². The largest absolute Gasteiger partial charge is 0.455 e. The number of benzene rings is 6. The number of para-hydroxylation sites is 1. The van der Waals surface area contributed by atoms with Crippen LogP contribution in [0.15, 0.2) is 156 Å². The number of hydrogen-bond acceptors (Lipinski definition) is 2. The summed E-state index contributed by atoms with van der Waals surface area (Å²) in [4.78, 5) is 4.32. The van der Waals surface area contributed by atoms with Crippen LogP contribution in [0, 0.1) is 0 Å². The molecule has 1 aliphatic rings. The second kappa shape index (κ2) is 9.40. The van der Waals surface area contributed by atoms with Crippen LogP contribution in [-0.2, 0) is 0 Å². The maximum absolute atomic E-state index is 6.34. The summed E-state index contributed by atoms with van der Waals surface area (Å²) < 4.78 is 6.34. The molecule has 2 heterocycles. The van der Waals surface area contributed by atoms with E-state index in [2.05, 4.69) is 138 Å². The standard InChI is InChI=1S/C41H25NO/c1-2-12-31-30(11-1)32-13-3-4-15-34(32)36-20-19-27(24-38(36)35-16-6-5-14-33(31)35)26-9-7-10-28(23-26)29-17-8-18-37-39-25-42-22-21-40(39)43-41(29)37/h1-25H. The molecule has 0 aliphatic heterocycles. The van der Waals surface area contributed by atoms with Crippen molar-refractivity contribution in [3.63, 3.8) is 0 Å². The first-order valence-electron chi connectivity index (χ1n) is 14.6. The maximum Gasteiger partial charge on any atom is 0.143 e. The summed E-state index contributed by atoms with van der Waals surface area (Å²) >= 11 is 0. The molecule has 0 fully saturated rings. The van der Waals surface area contributed by atoms with E-state index in [1.807, 2.05) is 12.3 Å². The third-order valence-corrected chi connectivity index (χ3v) is 8.77. The Bertz CT molecular complexity index is 2350. The van der Waals surface area contributed by atoms with Gasteiger partial charge in [0.25, 0.3) is 0 Å². The van der Waals surface area contributed by atoms with Crippen molar-refractivity contribution >= 4 is 21.9 Å². The molecule has 0 unspecified atom stereocenters. The number of hydrogen-bond donors (Lipinski definition) is 0. The molecule has 9 rings (SSSR count). The summed E-state index contributed by atoms with van der Waals surface area (Å²) in [5.41, 5.74) is 16.4. The molecule has 8 aromatic rings. The smallest absolute Gasteiger partial charge is 0.143 e. The highest BCUT2D eigenvalue weighted by atomic mass is 16.3. The van der Waals surface area contributed by atoms with Crippen LogP contribution in [0.3, 0.4) is 0 Å². The Kier molecular flexibility index (Phi) is 5.23. The van der Waals surface area contributed by atoms with Gasteiger partial charge in [-0.1, -0.05) is 121 Å². The zero-order valence-electron chi connectivity index (χ0n) is 23.3. The van der Waals surface area contributed by atoms with Crippen LogP contribution in [-0.4, -0.2) is 4.98 Å². The van der Waals surface area contributed by atoms with Gasteiger partial charge in [-0.2, -0.15) is 0 Å². The Morgan fingerprint density at radius 3 is 1.58 bits per heavy atom. The molecule has 43 heavy (non-hydrogen) atoms. The Morgan fingerprint density at radius 2 is 0.907 bits per heavy atom. The van der Waals surface area contributed by atoms with E-state index >= 15 is 0 Å². The number of furan rings is 1. The van der Waals surface area contributed by atoms with Crippen LogP contribution in [0.1, 0.15) is 0 Å². The van der Waals surface area contributed by atoms with E-state index in [1.165, 1.54) is 55.6 Å². The SMILES string of the molecule is c1cc(-c2ccc3c(c2)-c2ccccc2-c2ccccc2-c2ccccc2-3)cc(-c2cccc3c2oc2ccncc23)c1. The zero-order chi connectivity index (χ0) is 28.3. The molecule has 0 spiro atoms. The quantitative estimate of drug-likeness (QED) is 0.215. The molecule has 0 bridgehead atoms. The minimum Gasteiger partial charge on any atom is -0.455 e. The number of fused-ring (bicyclic) bond motifs is 11. The van der Waals surface area contributed by atoms with E-state index in [4.69, 9.17) is 4.42 Å². The molecular weight excluding hydrogens is 522 g/mol. The van der Waals surface area contributed by atoms with Gasteiger partial charge in [0.05, 0.1) is 0 Å². The van der Waals surface area contributed by atoms with Crippen LogP contribution in [0.5, 0.6) is 0 Å². The van der Waals surface area contributed by atoms with E-state index in [1.54, 1.807) is 6.20 Å². The molecule has 200 valence electrons. The maximum atomic E-state index is 6.34. The fourth-order valence-electron chi connectivity index (χ4n) is 6.78. The van der Waals surface area contributed by atoms with Crippen molar-refractivity contribution < 1.29 is 4.42 Å². The van der Waals surface area contributed by atoms with Crippen molar-refractivity contribution in [2.75, 3.05) is 0 Å². The summed E-state index contributed by atoms with van der Waals surface area (Å²) in [6.07, 6.45) is 3.66. The zero-order valence-corrected chi connectivity index (χ0v) is 23.3. The lowest BCUT2D eigenvalue weighted by atomic mass is 9.80. The predicted molar refractivity (Wildman–Crippen MR) is 178 cm³/mol. The van der Waals surface area contributed by atoms with Gasteiger partial charge in [-0.25, -0.2) is 0 Å². The molecule has 2 heteroatoms. The molecule has 0 atom stereocenters. The number of nitrogens with zero attached hydrogens (tertiary/aromatic N) is 1. The monoisotopic (exact) mass is 547 g/mol. The van der Waals surface area contributed by atoms with Crippen molar-refractivity contribution in [3.8, 4) is 66.8 Å². The first kappa shape index (κ1) is 23.9. The second-order valence-electron chi connectivity index (χ2n) is 11.1. The van der Waals surface area contributed by atoms with Gasteiger partial charge in [-0.05, 0) is 79.4 Å². The van der Waals surface area contributed by atoms with Crippen molar-refractivity contribution in [1.82, 2.24) is 4.98 Å². The van der Waals surface area contributed by atoms with E-state index in [0.717, 1.165) is 33.1 Å². The minimum atomic E-state index is 0.857. The Morgan fingerprint density at radius 1 is 0.372 bits per heavy atom. The van der Waals surface area contributed by atoms with Gasteiger partial charge in [0, 0.05) is 28.7 Å². The predicted octanol–water partition coefficient (Wildman–Crippen LogP) is 11.3.